The first-order valence-electron chi connectivity index (χ1n) is 7.10. The molecule has 0 radical (unpaired) electrons. The van der Waals surface area contributed by atoms with Crippen molar-refractivity contribution in [3.8, 4) is 0 Å². The van der Waals surface area contributed by atoms with Crippen LogP contribution in [0.4, 0.5) is 0 Å². The van der Waals surface area contributed by atoms with Gasteiger partial charge < -0.3 is 5.73 Å². The summed E-state index contributed by atoms with van der Waals surface area (Å²) < 4.78 is 0. The second-order valence-electron chi connectivity index (χ2n) is 6.00. The summed E-state index contributed by atoms with van der Waals surface area (Å²) in [6, 6.07) is 10.3. The van der Waals surface area contributed by atoms with Crippen LogP contribution in [-0.2, 0) is 4.79 Å². The molecule has 3 atom stereocenters. The lowest BCUT2D eigenvalue weighted by atomic mass is 9.61. The summed E-state index contributed by atoms with van der Waals surface area (Å²) in [5.41, 5.74) is 6.35. The van der Waals surface area contributed by atoms with Crippen molar-refractivity contribution in [3.63, 3.8) is 0 Å². The van der Waals surface area contributed by atoms with Gasteiger partial charge in [-0.15, -0.1) is 0 Å². The molecule has 2 rings (SSSR count). The number of primary amides is 1. The minimum Gasteiger partial charge on any atom is -0.368 e. The monoisotopic (exact) mass is 260 g/mol. The highest BCUT2D eigenvalue weighted by Crippen LogP contribution is 2.44. The summed E-state index contributed by atoms with van der Waals surface area (Å²) in [5.74, 6) is 0.605. The number of hydrogen-bond acceptors (Lipinski definition) is 2. The van der Waals surface area contributed by atoms with Crippen LogP contribution >= 0.6 is 0 Å². The Balaban J connectivity index is 2.17. The van der Waals surface area contributed by atoms with E-state index in [9.17, 15) is 4.79 Å². The molecule has 0 saturated heterocycles. The van der Waals surface area contributed by atoms with Gasteiger partial charge in [0.25, 0.3) is 0 Å². The number of carbonyl (C=O) groups excluding carboxylic acids is 1. The second-order valence-corrected chi connectivity index (χ2v) is 6.00. The summed E-state index contributed by atoms with van der Waals surface area (Å²) in [6.07, 6.45) is 1.93. The summed E-state index contributed by atoms with van der Waals surface area (Å²) in [7, 11) is 0. The lowest BCUT2D eigenvalue weighted by Crippen LogP contribution is -2.67. The Morgan fingerprint density at radius 1 is 1.32 bits per heavy atom. The zero-order chi connectivity index (χ0) is 14.0. The Morgan fingerprint density at radius 3 is 2.37 bits per heavy atom. The van der Waals surface area contributed by atoms with Gasteiger partial charge in [-0.1, -0.05) is 44.2 Å². The van der Waals surface area contributed by atoms with Crippen LogP contribution in [0.25, 0.3) is 0 Å². The van der Waals surface area contributed by atoms with Crippen LogP contribution in [0, 0.1) is 11.8 Å². The Bertz CT molecular complexity index is 443. The predicted molar refractivity (Wildman–Crippen MR) is 77.5 cm³/mol. The van der Waals surface area contributed by atoms with Crippen LogP contribution in [0.15, 0.2) is 30.3 Å². The maximum Gasteiger partial charge on any atom is 0.238 e. The maximum absolute atomic E-state index is 11.9. The Morgan fingerprint density at radius 2 is 1.95 bits per heavy atom. The van der Waals surface area contributed by atoms with E-state index in [-0.39, 0.29) is 11.9 Å². The van der Waals surface area contributed by atoms with E-state index in [4.69, 9.17) is 5.73 Å². The van der Waals surface area contributed by atoms with Crippen molar-refractivity contribution in [2.75, 3.05) is 0 Å². The van der Waals surface area contributed by atoms with Crippen molar-refractivity contribution in [3.05, 3.63) is 35.9 Å². The van der Waals surface area contributed by atoms with Gasteiger partial charge in [-0.05, 0) is 37.2 Å². The zero-order valence-corrected chi connectivity index (χ0v) is 12.0. The molecule has 1 aliphatic carbocycles. The van der Waals surface area contributed by atoms with E-state index in [1.807, 2.05) is 18.2 Å². The van der Waals surface area contributed by atoms with Crippen LogP contribution in [0.2, 0.25) is 0 Å². The first-order valence-corrected chi connectivity index (χ1v) is 7.10. The van der Waals surface area contributed by atoms with E-state index in [0.717, 1.165) is 12.8 Å². The van der Waals surface area contributed by atoms with Gasteiger partial charge in [-0.3, -0.25) is 10.1 Å². The predicted octanol–water partition coefficient (Wildman–Crippen LogP) is 2.63. The van der Waals surface area contributed by atoms with Gasteiger partial charge in [0, 0.05) is 6.04 Å². The highest BCUT2D eigenvalue weighted by Gasteiger charge is 2.52. The highest BCUT2D eigenvalue weighted by atomic mass is 16.1. The largest absolute Gasteiger partial charge is 0.368 e. The third-order valence-electron chi connectivity index (χ3n) is 4.50. The molecule has 1 saturated carbocycles. The number of rotatable bonds is 5. The standard InChI is InChI=1S/C16H24N2O/c1-11(2)14-9-10-16(14,15(17)19)18-12(3)13-7-5-4-6-8-13/h4-8,11-12,14,18H,9-10H2,1-3H3,(H2,17,19)/t12-,14-,16-/m0/s1. The summed E-state index contributed by atoms with van der Waals surface area (Å²) in [4.78, 5) is 11.9. The van der Waals surface area contributed by atoms with Gasteiger partial charge in [0.15, 0.2) is 0 Å². The van der Waals surface area contributed by atoms with Gasteiger partial charge in [-0.2, -0.15) is 0 Å². The van der Waals surface area contributed by atoms with Crippen molar-refractivity contribution in [2.45, 2.75) is 45.2 Å². The number of hydrogen-bond donors (Lipinski definition) is 2. The number of carbonyl (C=O) groups is 1. The van der Waals surface area contributed by atoms with Crippen molar-refractivity contribution < 1.29 is 4.79 Å². The molecule has 1 amide bonds. The average Bonchev–Trinajstić information content (AvgIpc) is 2.34. The molecular formula is C16H24N2O. The van der Waals surface area contributed by atoms with Crippen molar-refractivity contribution in [2.24, 2.45) is 17.6 Å². The van der Waals surface area contributed by atoms with Crippen LogP contribution in [0.3, 0.4) is 0 Å². The van der Waals surface area contributed by atoms with Crippen LogP contribution in [0.1, 0.15) is 45.2 Å². The molecule has 1 fully saturated rings. The first-order chi connectivity index (χ1) is 8.97. The average molecular weight is 260 g/mol. The lowest BCUT2D eigenvalue weighted by molar-refractivity contribution is -0.134. The van der Waals surface area contributed by atoms with Gasteiger partial charge in [0.05, 0.1) is 0 Å². The molecular weight excluding hydrogens is 236 g/mol. The molecule has 0 heterocycles. The Labute approximate surface area is 115 Å². The molecule has 19 heavy (non-hydrogen) atoms. The van der Waals surface area contributed by atoms with E-state index in [1.165, 1.54) is 5.56 Å². The summed E-state index contributed by atoms with van der Waals surface area (Å²) in [6.45, 7) is 6.42. The Kier molecular flexibility index (Phi) is 3.95. The fraction of sp³-hybridized carbons (Fsp3) is 0.562. The first kappa shape index (κ1) is 14.1. The summed E-state index contributed by atoms with van der Waals surface area (Å²) in [5, 5.41) is 3.50. The minimum absolute atomic E-state index is 0.134. The van der Waals surface area contributed by atoms with E-state index >= 15 is 0 Å². The molecule has 0 unspecified atom stereocenters. The summed E-state index contributed by atoms with van der Waals surface area (Å²) >= 11 is 0. The minimum atomic E-state index is -0.524. The van der Waals surface area contributed by atoms with E-state index in [2.05, 4.69) is 38.2 Å². The second kappa shape index (κ2) is 5.33. The Hall–Kier alpha value is -1.35. The number of nitrogens with one attached hydrogen (secondary N) is 1. The lowest BCUT2D eigenvalue weighted by Gasteiger charge is -2.51. The van der Waals surface area contributed by atoms with Gasteiger partial charge in [0.2, 0.25) is 5.91 Å². The van der Waals surface area contributed by atoms with Crippen molar-refractivity contribution in [1.82, 2.24) is 5.32 Å². The van der Waals surface area contributed by atoms with Crippen molar-refractivity contribution in [1.29, 1.82) is 0 Å². The smallest absolute Gasteiger partial charge is 0.238 e. The number of benzene rings is 1. The topological polar surface area (TPSA) is 55.1 Å². The third-order valence-corrected chi connectivity index (χ3v) is 4.50. The molecule has 3 heteroatoms. The van der Waals surface area contributed by atoms with Crippen LogP contribution in [-0.4, -0.2) is 11.4 Å². The van der Waals surface area contributed by atoms with Gasteiger partial charge >= 0.3 is 0 Å². The van der Waals surface area contributed by atoms with Crippen LogP contribution in [0.5, 0.6) is 0 Å². The third kappa shape index (κ3) is 2.52. The number of nitrogens with two attached hydrogens (primary N) is 1. The highest BCUT2D eigenvalue weighted by molar-refractivity contribution is 5.86. The van der Waals surface area contributed by atoms with E-state index in [1.54, 1.807) is 0 Å². The number of amides is 1. The molecule has 104 valence electrons. The molecule has 1 aromatic rings. The molecule has 0 aliphatic heterocycles. The van der Waals surface area contributed by atoms with Gasteiger partial charge in [-0.25, -0.2) is 0 Å². The van der Waals surface area contributed by atoms with Crippen molar-refractivity contribution >= 4 is 5.91 Å². The molecule has 1 aliphatic rings. The zero-order valence-electron chi connectivity index (χ0n) is 12.0. The van der Waals surface area contributed by atoms with E-state index < -0.39 is 5.54 Å². The normalized spacial score (nSPS) is 27.9. The molecule has 0 bridgehead atoms. The molecule has 0 spiro atoms. The maximum atomic E-state index is 11.9. The van der Waals surface area contributed by atoms with Crippen LogP contribution < -0.4 is 11.1 Å². The fourth-order valence-electron chi connectivity index (χ4n) is 3.27. The van der Waals surface area contributed by atoms with Gasteiger partial charge in [0.1, 0.15) is 5.54 Å². The molecule has 0 aromatic heterocycles. The quantitative estimate of drug-likeness (QED) is 0.855. The van der Waals surface area contributed by atoms with E-state index in [0.29, 0.717) is 11.8 Å². The molecule has 1 aromatic carbocycles. The SMILES string of the molecule is CC(C)[C@@H]1CC[C@@]1(N[C@@H](C)c1ccccc1)C(N)=O. The molecule has 3 N–H and O–H groups in total. The fourth-order valence-corrected chi connectivity index (χ4v) is 3.27. The molecule has 3 nitrogen and oxygen atoms in total.